The lowest BCUT2D eigenvalue weighted by Gasteiger charge is -2.15. The lowest BCUT2D eigenvalue weighted by atomic mass is 10.1. The van der Waals surface area contributed by atoms with Crippen LogP contribution in [0.2, 0.25) is 0 Å². The van der Waals surface area contributed by atoms with E-state index < -0.39 is 0 Å². The van der Waals surface area contributed by atoms with Gasteiger partial charge in [0.05, 0.1) is 12.5 Å². The smallest absolute Gasteiger partial charge is 0.254 e. The summed E-state index contributed by atoms with van der Waals surface area (Å²) in [5.74, 6) is 0.404. The second-order valence-corrected chi connectivity index (χ2v) is 5.92. The third kappa shape index (κ3) is 3.78. The first-order valence-corrected chi connectivity index (χ1v) is 7.78. The topological polar surface area (TPSA) is 74.8 Å². The second kappa shape index (κ2) is 6.67. The number of aromatic nitrogens is 2. The zero-order valence-electron chi connectivity index (χ0n) is 12.4. The molecule has 0 aliphatic carbocycles. The van der Waals surface area contributed by atoms with Crippen molar-refractivity contribution in [2.45, 2.75) is 39.7 Å². The molecule has 0 spiro atoms. The Morgan fingerprint density at radius 2 is 2.24 bits per heavy atom. The predicted octanol–water partition coefficient (Wildman–Crippen LogP) is 2.26. The summed E-state index contributed by atoms with van der Waals surface area (Å²) in [6.45, 7) is 5.50. The van der Waals surface area contributed by atoms with E-state index in [0.29, 0.717) is 17.1 Å². The summed E-state index contributed by atoms with van der Waals surface area (Å²) in [5.41, 5.74) is 0.800. The van der Waals surface area contributed by atoms with Crippen LogP contribution in [-0.2, 0) is 11.2 Å². The highest BCUT2D eigenvalue weighted by Crippen LogP contribution is 2.21. The van der Waals surface area contributed by atoms with Crippen molar-refractivity contribution in [3.05, 3.63) is 49.8 Å². The number of aryl methyl sites for hydroxylation is 2. The van der Waals surface area contributed by atoms with Gasteiger partial charge in [-0.05, 0) is 31.7 Å². The van der Waals surface area contributed by atoms with Crippen molar-refractivity contribution in [3.63, 3.8) is 0 Å². The van der Waals surface area contributed by atoms with Crippen molar-refractivity contribution in [1.82, 2.24) is 15.3 Å². The largest absolute Gasteiger partial charge is 0.348 e. The summed E-state index contributed by atoms with van der Waals surface area (Å²) in [7, 11) is 0. The Morgan fingerprint density at radius 3 is 2.81 bits per heavy atom. The van der Waals surface area contributed by atoms with Gasteiger partial charge in [-0.2, -0.15) is 0 Å². The molecule has 0 saturated carbocycles. The van der Waals surface area contributed by atoms with Crippen LogP contribution in [0.3, 0.4) is 0 Å². The van der Waals surface area contributed by atoms with Crippen LogP contribution in [0.25, 0.3) is 0 Å². The minimum atomic E-state index is -0.237. The molecule has 2 N–H and O–H groups in total. The van der Waals surface area contributed by atoms with E-state index in [1.165, 1.54) is 0 Å². The highest BCUT2D eigenvalue weighted by atomic mass is 32.1. The Balaban J connectivity index is 2.10. The molecular formula is C15H19N3O2S. The quantitative estimate of drug-likeness (QED) is 0.889. The summed E-state index contributed by atoms with van der Waals surface area (Å²) >= 11 is 1.62. The molecule has 2 rings (SSSR count). The standard InChI is InChI=1S/C15H19N3O2S/c1-4-12(13-6-5-7-21-13)18-14(19)8-11-9(2)16-10(3)17-15(11)20/h5-7,12H,4,8H2,1-3H3,(H,18,19)(H,16,17,20)/t12-/m1/s1. The van der Waals surface area contributed by atoms with Crippen LogP contribution in [-0.4, -0.2) is 15.9 Å². The number of hydrogen-bond donors (Lipinski definition) is 2. The minimum absolute atomic E-state index is 0.00436. The summed E-state index contributed by atoms with van der Waals surface area (Å²) in [6.07, 6.45) is 0.865. The normalized spacial score (nSPS) is 12.1. The molecule has 2 aromatic heterocycles. The molecule has 0 saturated heterocycles. The zero-order valence-corrected chi connectivity index (χ0v) is 13.2. The van der Waals surface area contributed by atoms with Gasteiger partial charge in [0.15, 0.2) is 0 Å². The Bertz CT molecular complexity index is 677. The van der Waals surface area contributed by atoms with E-state index in [4.69, 9.17) is 0 Å². The van der Waals surface area contributed by atoms with Crippen LogP contribution in [0.15, 0.2) is 22.3 Å². The fraction of sp³-hybridized carbons (Fsp3) is 0.400. The molecule has 21 heavy (non-hydrogen) atoms. The SMILES string of the molecule is CC[C@@H](NC(=O)Cc1c(C)nc(C)[nH]c1=O)c1cccs1. The first kappa shape index (κ1) is 15.4. The predicted molar refractivity (Wildman–Crippen MR) is 83.5 cm³/mol. The van der Waals surface area contributed by atoms with Crippen molar-refractivity contribution >= 4 is 17.2 Å². The van der Waals surface area contributed by atoms with E-state index in [2.05, 4.69) is 15.3 Å². The van der Waals surface area contributed by atoms with Gasteiger partial charge < -0.3 is 10.3 Å². The van der Waals surface area contributed by atoms with Gasteiger partial charge in [0.1, 0.15) is 5.82 Å². The lowest BCUT2D eigenvalue weighted by molar-refractivity contribution is -0.121. The number of hydrogen-bond acceptors (Lipinski definition) is 4. The minimum Gasteiger partial charge on any atom is -0.348 e. The highest BCUT2D eigenvalue weighted by molar-refractivity contribution is 7.10. The molecule has 0 fully saturated rings. The molecule has 0 unspecified atom stereocenters. The third-order valence-corrected chi connectivity index (χ3v) is 4.29. The van der Waals surface area contributed by atoms with E-state index in [0.717, 1.165) is 11.3 Å². The average Bonchev–Trinajstić information content (AvgIpc) is 2.94. The van der Waals surface area contributed by atoms with Gasteiger partial charge in [-0.25, -0.2) is 4.98 Å². The Labute approximate surface area is 127 Å². The van der Waals surface area contributed by atoms with E-state index >= 15 is 0 Å². The molecular weight excluding hydrogens is 286 g/mol. The maximum atomic E-state index is 12.2. The fourth-order valence-corrected chi connectivity index (χ4v) is 3.09. The summed E-state index contributed by atoms with van der Waals surface area (Å²) in [5, 5.41) is 4.97. The maximum absolute atomic E-state index is 12.2. The van der Waals surface area contributed by atoms with Gasteiger partial charge in [0.2, 0.25) is 5.91 Å². The van der Waals surface area contributed by atoms with Crippen LogP contribution in [0.5, 0.6) is 0 Å². The number of carbonyl (C=O) groups excluding carboxylic acids is 1. The number of nitrogens with one attached hydrogen (secondary N) is 2. The Kier molecular flexibility index (Phi) is 4.90. The van der Waals surface area contributed by atoms with Crippen molar-refractivity contribution in [2.24, 2.45) is 0 Å². The number of H-pyrrole nitrogens is 1. The van der Waals surface area contributed by atoms with Crippen LogP contribution >= 0.6 is 11.3 Å². The van der Waals surface area contributed by atoms with Crippen LogP contribution in [0.4, 0.5) is 0 Å². The van der Waals surface area contributed by atoms with Gasteiger partial charge >= 0.3 is 0 Å². The molecule has 2 heterocycles. The molecule has 0 aromatic carbocycles. The second-order valence-electron chi connectivity index (χ2n) is 4.94. The van der Waals surface area contributed by atoms with Crippen LogP contribution in [0.1, 0.15) is 41.3 Å². The summed E-state index contributed by atoms with van der Waals surface area (Å²) in [4.78, 5) is 32.0. The number of thiophene rings is 1. The van der Waals surface area contributed by atoms with E-state index in [1.54, 1.807) is 25.2 Å². The monoisotopic (exact) mass is 305 g/mol. The van der Waals surface area contributed by atoms with Crippen LogP contribution in [0, 0.1) is 13.8 Å². The van der Waals surface area contributed by atoms with Crippen molar-refractivity contribution in [3.8, 4) is 0 Å². The molecule has 1 amide bonds. The summed E-state index contributed by atoms with van der Waals surface area (Å²) < 4.78 is 0. The first-order chi connectivity index (χ1) is 10.0. The van der Waals surface area contributed by atoms with Gasteiger partial charge in [-0.1, -0.05) is 13.0 Å². The number of nitrogens with zero attached hydrogens (tertiary/aromatic N) is 1. The van der Waals surface area contributed by atoms with Crippen molar-refractivity contribution in [1.29, 1.82) is 0 Å². The lowest BCUT2D eigenvalue weighted by Crippen LogP contribution is -2.31. The molecule has 1 atom stereocenters. The average molecular weight is 305 g/mol. The van der Waals surface area contributed by atoms with Crippen molar-refractivity contribution < 1.29 is 4.79 Å². The Hall–Kier alpha value is -1.95. The molecule has 5 nitrogen and oxygen atoms in total. The van der Waals surface area contributed by atoms with E-state index in [1.807, 2.05) is 24.4 Å². The molecule has 0 bridgehead atoms. The van der Waals surface area contributed by atoms with Crippen LogP contribution < -0.4 is 10.9 Å². The molecule has 0 aliphatic rings. The third-order valence-electron chi connectivity index (χ3n) is 3.31. The van der Waals surface area contributed by atoms with Gasteiger partial charge in [-0.3, -0.25) is 9.59 Å². The number of amides is 1. The van der Waals surface area contributed by atoms with E-state index in [-0.39, 0.29) is 23.9 Å². The number of carbonyl (C=O) groups is 1. The maximum Gasteiger partial charge on any atom is 0.254 e. The number of rotatable bonds is 5. The highest BCUT2D eigenvalue weighted by Gasteiger charge is 2.16. The molecule has 112 valence electrons. The van der Waals surface area contributed by atoms with Gasteiger partial charge in [0, 0.05) is 16.1 Å². The first-order valence-electron chi connectivity index (χ1n) is 6.90. The van der Waals surface area contributed by atoms with Gasteiger partial charge in [0.25, 0.3) is 5.56 Å². The molecule has 2 aromatic rings. The fourth-order valence-electron chi connectivity index (χ4n) is 2.23. The molecule has 0 radical (unpaired) electrons. The van der Waals surface area contributed by atoms with Crippen molar-refractivity contribution in [2.75, 3.05) is 0 Å². The molecule has 6 heteroatoms. The van der Waals surface area contributed by atoms with E-state index in [9.17, 15) is 9.59 Å². The number of aromatic amines is 1. The molecule has 0 aliphatic heterocycles. The zero-order chi connectivity index (χ0) is 15.4. The summed E-state index contributed by atoms with van der Waals surface area (Å²) in [6, 6.07) is 3.97. The Morgan fingerprint density at radius 1 is 1.48 bits per heavy atom. The van der Waals surface area contributed by atoms with Gasteiger partial charge in [-0.15, -0.1) is 11.3 Å².